The third-order valence-corrected chi connectivity index (χ3v) is 4.97. The lowest BCUT2D eigenvalue weighted by atomic mass is 10.1. The van der Waals surface area contributed by atoms with E-state index in [1.54, 1.807) is 25.4 Å². The van der Waals surface area contributed by atoms with Gasteiger partial charge in [0.15, 0.2) is 0 Å². The predicted molar refractivity (Wildman–Crippen MR) is 118 cm³/mol. The van der Waals surface area contributed by atoms with Crippen LogP contribution in [0.25, 0.3) is 28.3 Å². The molecule has 0 bridgehead atoms. The average molecular weight is 404 g/mol. The number of anilines is 1. The van der Waals surface area contributed by atoms with Crippen LogP contribution >= 0.6 is 0 Å². The second-order valence-corrected chi connectivity index (χ2v) is 7.12. The zero-order chi connectivity index (χ0) is 20.9. The number of aromatic nitrogens is 4. The minimum Gasteiger partial charge on any atom is -0.357 e. The third-order valence-electron chi connectivity index (χ3n) is 4.97. The fourth-order valence-corrected chi connectivity index (χ4v) is 3.40. The Morgan fingerprint density at radius 1 is 1.07 bits per heavy atom. The van der Waals surface area contributed by atoms with Gasteiger partial charge < -0.3 is 10.6 Å². The van der Waals surface area contributed by atoms with E-state index in [-0.39, 0.29) is 5.82 Å². The van der Waals surface area contributed by atoms with Crippen LogP contribution in [-0.4, -0.2) is 32.9 Å². The molecule has 0 saturated carbocycles. The monoisotopic (exact) mass is 404 g/mol. The zero-order valence-electron chi connectivity index (χ0n) is 17.2. The maximum Gasteiger partial charge on any atom is 0.222 e. The fraction of sp³-hybridized carbons (Fsp3) is 0.261. The van der Waals surface area contributed by atoms with Gasteiger partial charge in [0.25, 0.3) is 0 Å². The van der Waals surface area contributed by atoms with E-state index >= 15 is 0 Å². The lowest BCUT2D eigenvalue weighted by molar-refractivity contribution is 0.628. The molecule has 0 amide bonds. The Bertz CT molecular complexity index is 1140. The maximum absolute atomic E-state index is 13.5. The van der Waals surface area contributed by atoms with Gasteiger partial charge in [-0.15, -0.1) is 0 Å². The van der Waals surface area contributed by atoms with E-state index in [0.29, 0.717) is 5.95 Å². The number of rotatable bonds is 8. The molecule has 154 valence electrons. The smallest absolute Gasteiger partial charge is 0.222 e. The molecule has 2 N–H and O–H groups in total. The Kier molecular flexibility index (Phi) is 5.99. The van der Waals surface area contributed by atoms with Crippen molar-refractivity contribution < 1.29 is 4.39 Å². The number of halogens is 1. The molecule has 0 spiro atoms. The van der Waals surface area contributed by atoms with Crippen LogP contribution in [0.2, 0.25) is 0 Å². The lowest BCUT2D eigenvalue weighted by Gasteiger charge is -2.08. The molecule has 4 aromatic rings. The lowest BCUT2D eigenvalue weighted by Crippen LogP contribution is -2.14. The van der Waals surface area contributed by atoms with Crippen molar-refractivity contribution >= 4 is 11.6 Å². The summed E-state index contributed by atoms with van der Waals surface area (Å²) in [6, 6.07) is 12.4. The molecule has 0 radical (unpaired) electrons. The van der Waals surface area contributed by atoms with Gasteiger partial charge in [-0.05, 0) is 61.0 Å². The molecule has 0 fully saturated rings. The summed E-state index contributed by atoms with van der Waals surface area (Å²) in [4.78, 5) is 13.7. The molecule has 0 atom stereocenters. The Morgan fingerprint density at radius 2 is 1.90 bits per heavy atom. The summed E-state index contributed by atoms with van der Waals surface area (Å²) in [5.41, 5.74) is 5.17. The standard InChI is InChI=1S/C23H25FN6/c1-3-4-11-26-15-16-10-13-30-20(14-16)29-21(17-5-7-18(24)8-6-17)22(30)19-9-12-27-23(25-2)28-19/h5-10,12-14,26H,3-4,11,15H2,1-2H3,(H,25,27,28). The highest BCUT2D eigenvalue weighted by molar-refractivity contribution is 5.80. The van der Waals surface area contributed by atoms with E-state index in [1.807, 2.05) is 16.7 Å². The number of benzene rings is 1. The van der Waals surface area contributed by atoms with Crippen LogP contribution in [0.5, 0.6) is 0 Å². The van der Waals surface area contributed by atoms with Crippen molar-refractivity contribution in [2.75, 3.05) is 18.9 Å². The molecule has 1 aromatic carbocycles. The first-order chi connectivity index (χ1) is 14.7. The SMILES string of the molecule is CCCCNCc1ccn2c(-c3ccnc(NC)n3)c(-c3ccc(F)cc3)nc2c1. The van der Waals surface area contributed by atoms with E-state index in [9.17, 15) is 4.39 Å². The van der Waals surface area contributed by atoms with E-state index < -0.39 is 0 Å². The van der Waals surface area contributed by atoms with Gasteiger partial charge in [-0.25, -0.2) is 19.3 Å². The number of imidazole rings is 1. The third kappa shape index (κ3) is 4.16. The second-order valence-electron chi connectivity index (χ2n) is 7.12. The number of hydrogen-bond donors (Lipinski definition) is 2. The largest absolute Gasteiger partial charge is 0.357 e. The molecule has 0 unspecified atom stereocenters. The van der Waals surface area contributed by atoms with Crippen LogP contribution in [0.1, 0.15) is 25.3 Å². The van der Waals surface area contributed by atoms with Crippen LogP contribution in [0.3, 0.4) is 0 Å². The van der Waals surface area contributed by atoms with Gasteiger partial charge in [0.2, 0.25) is 5.95 Å². The van der Waals surface area contributed by atoms with Gasteiger partial charge in [-0.2, -0.15) is 0 Å². The normalized spacial score (nSPS) is 11.2. The van der Waals surface area contributed by atoms with Crippen molar-refractivity contribution in [2.45, 2.75) is 26.3 Å². The number of nitrogens with one attached hydrogen (secondary N) is 2. The van der Waals surface area contributed by atoms with Crippen molar-refractivity contribution in [1.29, 1.82) is 0 Å². The van der Waals surface area contributed by atoms with Gasteiger partial charge in [0, 0.05) is 31.5 Å². The van der Waals surface area contributed by atoms with E-state index in [4.69, 9.17) is 4.98 Å². The molecular weight excluding hydrogens is 379 g/mol. The van der Waals surface area contributed by atoms with Gasteiger partial charge in [0.1, 0.15) is 11.5 Å². The van der Waals surface area contributed by atoms with Crippen molar-refractivity contribution in [3.63, 3.8) is 0 Å². The maximum atomic E-state index is 13.5. The molecule has 3 aromatic heterocycles. The van der Waals surface area contributed by atoms with Gasteiger partial charge in [-0.1, -0.05) is 13.3 Å². The minimum atomic E-state index is -0.274. The first-order valence-electron chi connectivity index (χ1n) is 10.2. The molecule has 6 nitrogen and oxygen atoms in total. The summed E-state index contributed by atoms with van der Waals surface area (Å²) in [6.07, 6.45) is 6.06. The molecule has 0 aliphatic heterocycles. The Labute approximate surface area is 175 Å². The summed E-state index contributed by atoms with van der Waals surface area (Å²) in [6.45, 7) is 3.97. The van der Waals surface area contributed by atoms with Gasteiger partial charge in [-0.3, -0.25) is 4.40 Å². The highest BCUT2D eigenvalue weighted by atomic mass is 19.1. The number of nitrogens with zero attached hydrogens (tertiary/aromatic N) is 4. The molecule has 30 heavy (non-hydrogen) atoms. The van der Waals surface area contributed by atoms with Crippen molar-refractivity contribution in [3.8, 4) is 22.6 Å². The number of pyridine rings is 1. The molecule has 4 rings (SSSR count). The molecule has 3 heterocycles. The first-order valence-corrected chi connectivity index (χ1v) is 10.2. The molecule has 7 heteroatoms. The van der Waals surface area contributed by atoms with Crippen LogP contribution in [0.4, 0.5) is 10.3 Å². The van der Waals surface area contributed by atoms with Crippen LogP contribution < -0.4 is 10.6 Å². The van der Waals surface area contributed by atoms with E-state index in [1.165, 1.54) is 24.1 Å². The zero-order valence-corrected chi connectivity index (χ0v) is 17.2. The number of unbranched alkanes of at least 4 members (excludes halogenated alkanes) is 1. The van der Waals surface area contributed by atoms with Crippen LogP contribution in [-0.2, 0) is 6.54 Å². The topological polar surface area (TPSA) is 67.1 Å². The quantitative estimate of drug-likeness (QED) is 0.423. The highest BCUT2D eigenvalue weighted by Gasteiger charge is 2.18. The fourth-order valence-electron chi connectivity index (χ4n) is 3.40. The average Bonchev–Trinajstić information content (AvgIpc) is 3.16. The number of hydrogen-bond acceptors (Lipinski definition) is 5. The summed E-state index contributed by atoms with van der Waals surface area (Å²) < 4.78 is 15.5. The van der Waals surface area contributed by atoms with Gasteiger partial charge >= 0.3 is 0 Å². The van der Waals surface area contributed by atoms with E-state index in [2.05, 4.69) is 39.7 Å². The van der Waals surface area contributed by atoms with Crippen LogP contribution in [0.15, 0.2) is 54.9 Å². The van der Waals surface area contributed by atoms with E-state index in [0.717, 1.165) is 47.8 Å². The van der Waals surface area contributed by atoms with Crippen molar-refractivity contribution in [1.82, 2.24) is 24.7 Å². The predicted octanol–water partition coefficient (Wildman–Crippen LogP) is 4.53. The molecule has 0 aliphatic carbocycles. The van der Waals surface area contributed by atoms with Gasteiger partial charge in [0.05, 0.1) is 17.1 Å². The number of fused-ring (bicyclic) bond motifs is 1. The molecular formula is C23H25FN6. The minimum absolute atomic E-state index is 0.274. The molecule has 0 saturated heterocycles. The first kappa shape index (κ1) is 20.0. The summed E-state index contributed by atoms with van der Waals surface area (Å²) in [5.74, 6) is 0.258. The Morgan fingerprint density at radius 3 is 2.67 bits per heavy atom. The highest BCUT2D eigenvalue weighted by Crippen LogP contribution is 2.32. The van der Waals surface area contributed by atoms with Crippen LogP contribution in [0, 0.1) is 5.82 Å². The summed E-state index contributed by atoms with van der Waals surface area (Å²) in [7, 11) is 1.78. The van der Waals surface area contributed by atoms with Crippen molar-refractivity contribution in [3.05, 3.63) is 66.2 Å². The molecule has 0 aliphatic rings. The second kappa shape index (κ2) is 9.00. The Hall–Kier alpha value is -3.32. The summed E-state index contributed by atoms with van der Waals surface area (Å²) >= 11 is 0. The van der Waals surface area contributed by atoms with Crippen molar-refractivity contribution in [2.24, 2.45) is 0 Å². The Balaban J connectivity index is 1.81. The summed E-state index contributed by atoms with van der Waals surface area (Å²) in [5, 5.41) is 6.44.